The molecule has 2 fully saturated rings. The number of fused-ring (bicyclic) bond motifs is 4. The highest BCUT2D eigenvalue weighted by atomic mass is 79.9. The number of aromatic hydroxyl groups is 1. The first-order valence-electron chi connectivity index (χ1n) is 10.2. The Kier molecular flexibility index (Phi) is 4.96. The van der Waals surface area contributed by atoms with Crippen LogP contribution in [0.5, 0.6) is 11.5 Å². The normalized spacial score (nSPS) is 30.1. The molecule has 1 N–H and O–H groups in total. The number of nitrogens with zero attached hydrogens (tertiary/aromatic N) is 4. The maximum atomic E-state index is 13.5. The van der Waals surface area contributed by atoms with Crippen molar-refractivity contribution in [3.8, 4) is 11.5 Å². The molecular weight excluding hydrogens is 555 g/mol. The first kappa shape index (κ1) is 23.3. The second-order valence-corrected chi connectivity index (χ2v) is 10.8. The third-order valence-corrected chi connectivity index (χ3v) is 8.94. The van der Waals surface area contributed by atoms with Gasteiger partial charge in [-0.1, -0.05) is 22.0 Å². The lowest BCUT2D eigenvalue weighted by Gasteiger charge is -2.49. The van der Waals surface area contributed by atoms with Crippen molar-refractivity contribution < 1.29 is 19.4 Å². The number of rotatable bonds is 2. The number of carbonyl (C=O) groups is 2. The Hall–Kier alpha value is -2.50. The van der Waals surface area contributed by atoms with E-state index in [2.05, 4.69) is 15.9 Å². The van der Waals surface area contributed by atoms with Gasteiger partial charge in [-0.25, -0.2) is 23.5 Å². The number of allylic oxidation sites excluding steroid dienone is 2. The van der Waals surface area contributed by atoms with Crippen molar-refractivity contribution in [2.24, 2.45) is 7.05 Å². The fourth-order valence-corrected chi connectivity index (χ4v) is 6.88. The Bertz CT molecular complexity index is 1440. The quantitative estimate of drug-likeness (QED) is 0.330. The Balaban J connectivity index is 1.86. The third kappa shape index (κ3) is 2.57. The second kappa shape index (κ2) is 7.25. The molecule has 34 heavy (non-hydrogen) atoms. The molecule has 2 aliphatic heterocycles. The average molecular weight is 574 g/mol. The van der Waals surface area contributed by atoms with E-state index in [1.54, 1.807) is 12.1 Å². The van der Waals surface area contributed by atoms with Gasteiger partial charge in [-0.15, -0.1) is 23.2 Å². The van der Waals surface area contributed by atoms with Crippen LogP contribution in [0.15, 0.2) is 37.8 Å². The highest BCUT2D eigenvalue weighted by molar-refractivity contribution is 9.10. The van der Waals surface area contributed by atoms with Crippen LogP contribution in [-0.4, -0.2) is 59.7 Å². The topological polar surface area (TPSA) is 116 Å². The van der Waals surface area contributed by atoms with Gasteiger partial charge in [0, 0.05) is 36.5 Å². The standard InChI is InChI=1S/C21H19BrCl2N4O6/c1-25-16(30)20(23)8-12-10(4-5-27-18(32)26(2)19(33)28(12)27)14(21(20,24)17(25)31)11-6-9(22)7-13(34-3)15(11)29/h4,6-7,12,14,29H,5,8H2,1-3H3/t12-,14-,20-,21+/m1/s1. The summed E-state index contributed by atoms with van der Waals surface area (Å²) in [7, 11) is 4.02. The number of alkyl halides is 2. The SMILES string of the molecule is COc1cc(Br)cc([C@H]2C3=CCn4c(=O)n(C)c(=O)n4[C@@H]3C[C@@]3(Cl)C(=O)N(C)C(=O)[C@@]23Cl)c1O. The lowest BCUT2D eigenvalue weighted by Crippen LogP contribution is -2.59. The van der Waals surface area contributed by atoms with Crippen molar-refractivity contribution in [1.82, 2.24) is 18.8 Å². The van der Waals surface area contributed by atoms with Crippen LogP contribution in [-0.2, 0) is 23.2 Å². The summed E-state index contributed by atoms with van der Waals surface area (Å²) in [5, 5.41) is 11.1. The molecule has 0 spiro atoms. The number of aromatic nitrogens is 3. The molecular formula is C21H19BrCl2N4O6. The number of likely N-dealkylation sites (tertiary alicyclic amines) is 1. The van der Waals surface area contributed by atoms with Gasteiger partial charge in [0.15, 0.2) is 21.2 Å². The smallest absolute Gasteiger partial charge is 0.347 e. The van der Waals surface area contributed by atoms with Crippen molar-refractivity contribution >= 4 is 50.9 Å². The zero-order chi connectivity index (χ0) is 24.9. The Morgan fingerprint density at radius 1 is 1.12 bits per heavy atom. The molecule has 5 rings (SSSR count). The van der Waals surface area contributed by atoms with E-state index in [0.717, 1.165) is 9.47 Å². The second-order valence-electron chi connectivity index (χ2n) is 8.64. The number of hydrogen-bond acceptors (Lipinski definition) is 6. The molecule has 13 heteroatoms. The van der Waals surface area contributed by atoms with Crippen LogP contribution >= 0.6 is 39.1 Å². The molecule has 2 amide bonds. The predicted octanol–water partition coefficient (Wildman–Crippen LogP) is 1.45. The minimum absolute atomic E-state index is 0.0311. The van der Waals surface area contributed by atoms with E-state index in [0.29, 0.717) is 10.0 Å². The van der Waals surface area contributed by atoms with E-state index in [1.165, 1.54) is 36.6 Å². The molecule has 1 aromatic carbocycles. The molecule has 1 saturated carbocycles. The number of imide groups is 1. The lowest BCUT2D eigenvalue weighted by atomic mass is 9.64. The van der Waals surface area contributed by atoms with Crippen molar-refractivity contribution in [3.63, 3.8) is 0 Å². The molecule has 3 aliphatic rings. The highest BCUT2D eigenvalue weighted by Crippen LogP contribution is 2.64. The summed E-state index contributed by atoms with van der Waals surface area (Å²) in [6.07, 6.45) is 1.49. The summed E-state index contributed by atoms with van der Waals surface area (Å²) in [6.45, 7) is 0.0311. The van der Waals surface area contributed by atoms with Crippen LogP contribution in [0.4, 0.5) is 0 Å². The van der Waals surface area contributed by atoms with Crippen LogP contribution in [0.2, 0.25) is 0 Å². The number of benzene rings is 1. The zero-order valence-corrected chi connectivity index (χ0v) is 21.3. The maximum Gasteiger partial charge on any atom is 0.347 e. The average Bonchev–Trinajstić information content (AvgIpc) is 3.10. The Morgan fingerprint density at radius 2 is 1.79 bits per heavy atom. The minimum atomic E-state index is -2.01. The van der Waals surface area contributed by atoms with E-state index in [-0.39, 0.29) is 30.0 Å². The highest BCUT2D eigenvalue weighted by Gasteiger charge is 2.75. The molecule has 10 nitrogen and oxygen atoms in total. The van der Waals surface area contributed by atoms with Gasteiger partial charge in [-0.3, -0.25) is 14.5 Å². The summed E-state index contributed by atoms with van der Waals surface area (Å²) < 4.78 is 9.26. The number of amides is 2. The van der Waals surface area contributed by atoms with E-state index in [4.69, 9.17) is 27.9 Å². The molecule has 4 atom stereocenters. The first-order chi connectivity index (χ1) is 15.9. The summed E-state index contributed by atoms with van der Waals surface area (Å²) in [5.74, 6) is -2.73. The van der Waals surface area contributed by atoms with Crippen LogP contribution in [0.3, 0.4) is 0 Å². The third-order valence-electron chi connectivity index (χ3n) is 7.07. The van der Waals surface area contributed by atoms with Gasteiger partial charge in [0.2, 0.25) is 0 Å². The van der Waals surface area contributed by atoms with Gasteiger partial charge in [0.1, 0.15) is 0 Å². The summed E-state index contributed by atoms with van der Waals surface area (Å²) in [5.41, 5.74) is -0.437. The summed E-state index contributed by atoms with van der Waals surface area (Å²) in [6, 6.07) is 2.24. The molecule has 180 valence electrons. The number of phenolic OH excluding ortho intramolecular Hbond substituents is 1. The summed E-state index contributed by atoms with van der Waals surface area (Å²) in [4.78, 5) is 49.3. The fourth-order valence-electron chi connectivity index (χ4n) is 5.43. The molecule has 0 bridgehead atoms. The molecule has 3 heterocycles. The van der Waals surface area contributed by atoms with Crippen molar-refractivity contribution in [2.45, 2.75) is 34.7 Å². The minimum Gasteiger partial charge on any atom is -0.504 e. The summed E-state index contributed by atoms with van der Waals surface area (Å²) >= 11 is 17.4. The zero-order valence-electron chi connectivity index (χ0n) is 18.2. The maximum absolute atomic E-state index is 13.5. The van der Waals surface area contributed by atoms with E-state index >= 15 is 0 Å². The molecule has 0 radical (unpaired) electrons. The Labute approximate surface area is 211 Å². The van der Waals surface area contributed by atoms with Gasteiger partial charge in [-0.05, 0) is 17.7 Å². The van der Waals surface area contributed by atoms with Gasteiger partial charge >= 0.3 is 11.4 Å². The number of carbonyl (C=O) groups excluding carboxylic acids is 2. The predicted molar refractivity (Wildman–Crippen MR) is 126 cm³/mol. The monoisotopic (exact) mass is 572 g/mol. The fraction of sp³-hybridized carbons (Fsp3) is 0.429. The first-order valence-corrected chi connectivity index (χ1v) is 11.8. The van der Waals surface area contributed by atoms with Gasteiger partial charge in [-0.2, -0.15) is 0 Å². The van der Waals surface area contributed by atoms with Gasteiger partial charge < -0.3 is 9.84 Å². The largest absolute Gasteiger partial charge is 0.504 e. The number of hydrogen-bond donors (Lipinski definition) is 1. The van der Waals surface area contributed by atoms with E-state index < -0.39 is 44.9 Å². The van der Waals surface area contributed by atoms with Crippen LogP contribution < -0.4 is 16.1 Å². The van der Waals surface area contributed by atoms with Gasteiger partial charge in [0.25, 0.3) is 11.8 Å². The van der Waals surface area contributed by atoms with Gasteiger partial charge in [0.05, 0.1) is 19.7 Å². The number of ether oxygens (including phenoxy) is 1. The van der Waals surface area contributed by atoms with E-state index in [1.807, 2.05) is 0 Å². The molecule has 1 aromatic heterocycles. The van der Waals surface area contributed by atoms with E-state index in [9.17, 15) is 24.3 Å². The van der Waals surface area contributed by atoms with Crippen LogP contribution in [0.1, 0.15) is 23.9 Å². The number of phenols is 1. The van der Waals surface area contributed by atoms with Crippen molar-refractivity contribution in [1.29, 1.82) is 0 Å². The van der Waals surface area contributed by atoms with Crippen LogP contribution in [0, 0.1) is 0 Å². The number of halogens is 3. The molecule has 0 unspecified atom stereocenters. The molecule has 2 aromatic rings. The van der Waals surface area contributed by atoms with Crippen LogP contribution in [0.25, 0.3) is 0 Å². The van der Waals surface area contributed by atoms with Crippen molar-refractivity contribution in [2.75, 3.05) is 14.2 Å². The molecule has 1 aliphatic carbocycles. The number of methoxy groups -OCH3 is 1. The van der Waals surface area contributed by atoms with Crippen molar-refractivity contribution in [3.05, 3.63) is 54.8 Å². The molecule has 1 saturated heterocycles. The Morgan fingerprint density at radius 3 is 2.44 bits per heavy atom. The lowest BCUT2D eigenvalue weighted by molar-refractivity contribution is -0.137.